The van der Waals surface area contributed by atoms with Gasteiger partial charge < -0.3 is 14.6 Å². The maximum Gasteiger partial charge on any atom is 0.228 e. The van der Waals surface area contributed by atoms with Crippen molar-refractivity contribution in [2.24, 2.45) is 0 Å². The van der Waals surface area contributed by atoms with E-state index in [1.165, 1.54) is 6.26 Å². The Hall–Kier alpha value is -3.06. The molecule has 1 N–H and O–H groups in total. The van der Waals surface area contributed by atoms with Crippen LogP contribution in [0.5, 0.6) is 0 Å². The number of nitrogens with one attached hydrogen (secondary N) is 1. The van der Waals surface area contributed by atoms with E-state index in [2.05, 4.69) is 33.0 Å². The van der Waals surface area contributed by atoms with Gasteiger partial charge in [-0.1, -0.05) is 12.1 Å². The van der Waals surface area contributed by atoms with Crippen molar-refractivity contribution in [3.05, 3.63) is 36.7 Å². The molecule has 11 nitrogen and oxygen atoms in total. The number of piperazine rings is 1. The van der Waals surface area contributed by atoms with Crippen molar-refractivity contribution in [1.82, 2.24) is 33.9 Å². The summed E-state index contributed by atoms with van der Waals surface area (Å²) in [5, 5.41) is 6.74. The summed E-state index contributed by atoms with van der Waals surface area (Å²) in [6.07, 6.45) is 5.08. The first-order valence-corrected chi connectivity index (χ1v) is 14.1. The lowest BCUT2D eigenvalue weighted by atomic mass is 10.0. The molecule has 12 heteroatoms. The van der Waals surface area contributed by atoms with Crippen molar-refractivity contribution in [3.63, 3.8) is 0 Å². The van der Waals surface area contributed by atoms with Gasteiger partial charge in [-0.3, -0.25) is 4.90 Å². The maximum atomic E-state index is 11.8. The lowest BCUT2D eigenvalue weighted by Crippen LogP contribution is -2.48. The number of anilines is 1. The van der Waals surface area contributed by atoms with Crippen LogP contribution in [0.25, 0.3) is 33.2 Å². The molecular formula is C24H30N8O3S. The van der Waals surface area contributed by atoms with E-state index >= 15 is 0 Å². The molecule has 0 amide bonds. The van der Waals surface area contributed by atoms with Gasteiger partial charge in [-0.05, 0) is 12.1 Å². The number of hydrogen-bond donors (Lipinski definition) is 1. The topological polar surface area (TPSA) is 112 Å². The molecule has 0 spiro atoms. The van der Waals surface area contributed by atoms with Crippen LogP contribution in [-0.2, 0) is 21.3 Å². The molecule has 0 unspecified atom stereocenters. The van der Waals surface area contributed by atoms with E-state index in [1.807, 2.05) is 23.1 Å². The Bertz CT molecular complexity index is 1480. The first kappa shape index (κ1) is 23.3. The number of nitrogens with zero attached hydrogens (tertiary/aromatic N) is 7. The van der Waals surface area contributed by atoms with Crippen molar-refractivity contribution < 1.29 is 13.2 Å². The Morgan fingerprint density at radius 3 is 2.56 bits per heavy atom. The second kappa shape index (κ2) is 9.43. The molecule has 0 aliphatic carbocycles. The van der Waals surface area contributed by atoms with Crippen LogP contribution in [-0.4, -0.2) is 108 Å². The van der Waals surface area contributed by atoms with E-state index in [0.717, 1.165) is 52.8 Å². The lowest BCUT2D eigenvalue weighted by molar-refractivity contribution is 0.122. The average molecular weight is 511 g/mol. The minimum absolute atomic E-state index is 0.521. The highest BCUT2D eigenvalue weighted by molar-refractivity contribution is 7.88. The molecule has 0 saturated carbocycles. The molecule has 0 bridgehead atoms. The number of hydrogen-bond acceptors (Lipinski definition) is 8. The molecule has 0 atom stereocenters. The highest BCUT2D eigenvalue weighted by Gasteiger charge is 2.24. The van der Waals surface area contributed by atoms with Gasteiger partial charge in [-0.25, -0.2) is 18.1 Å². The molecule has 2 saturated heterocycles. The summed E-state index contributed by atoms with van der Waals surface area (Å²) in [5.41, 5.74) is 3.79. The molecule has 6 rings (SSSR count). The first-order chi connectivity index (χ1) is 17.5. The summed E-state index contributed by atoms with van der Waals surface area (Å²) in [4.78, 5) is 17.7. The quantitative estimate of drug-likeness (QED) is 0.414. The highest BCUT2D eigenvalue weighted by Crippen LogP contribution is 2.33. The zero-order valence-electron chi connectivity index (χ0n) is 20.3. The molecule has 2 fully saturated rings. The molecule has 5 heterocycles. The molecular weight excluding hydrogens is 480 g/mol. The smallest absolute Gasteiger partial charge is 0.228 e. The van der Waals surface area contributed by atoms with E-state index < -0.39 is 10.0 Å². The van der Waals surface area contributed by atoms with Crippen LogP contribution in [0.4, 0.5) is 5.95 Å². The fourth-order valence-electron chi connectivity index (χ4n) is 5.03. The molecule has 2 aliphatic rings. The van der Waals surface area contributed by atoms with Gasteiger partial charge in [0.2, 0.25) is 16.0 Å². The number of aromatic amines is 1. The van der Waals surface area contributed by atoms with Crippen molar-refractivity contribution in [1.29, 1.82) is 0 Å². The van der Waals surface area contributed by atoms with Gasteiger partial charge >= 0.3 is 0 Å². The van der Waals surface area contributed by atoms with E-state index in [0.29, 0.717) is 51.9 Å². The van der Waals surface area contributed by atoms with Gasteiger partial charge in [0.1, 0.15) is 0 Å². The standard InChI is InChI=1S/C24H30N8O3S/c1-36(33,34)31-10-7-29(8-11-31)9-12-32-23-20(17-26-32)22(19-3-2-4-21-18(19)5-6-25-21)27-24(28-23)30-13-15-35-16-14-30/h2-6,17,25H,7-16H2,1H3. The van der Waals surface area contributed by atoms with Gasteiger partial charge in [-0.2, -0.15) is 14.4 Å². The molecule has 3 aromatic heterocycles. The van der Waals surface area contributed by atoms with Crippen molar-refractivity contribution in [3.8, 4) is 11.3 Å². The van der Waals surface area contributed by atoms with Crippen LogP contribution < -0.4 is 4.90 Å². The Balaban J connectivity index is 1.33. The number of sulfonamides is 1. The number of H-pyrrole nitrogens is 1. The predicted molar refractivity (Wildman–Crippen MR) is 139 cm³/mol. The molecule has 4 aromatic rings. The number of morpholine rings is 1. The summed E-state index contributed by atoms with van der Waals surface area (Å²) in [5.74, 6) is 0.692. The van der Waals surface area contributed by atoms with Crippen molar-refractivity contribution in [2.45, 2.75) is 6.54 Å². The van der Waals surface area contributed by atoms with Crippen molar-refractivity contribution >= 4 is 37.9 Å². The summed E-state index contributed by atoms with van der Waals surface area (Å²) in [6.45, 7) is 6.70. The molecule has 2 aliphatic heterocycles. The minimum Gasteiger partial charge on any atom is -0.378 e. The number of ether oxygens (including phenoxy) is 1. The summed E-state index contributed by atoms with van der Waals surface area (Å²) < 4.78 is 32.7. The van der Waals surface area contributed by atoms with Gasteiger partial charge in [0.05, 0.1) is 43.3 Å². The largest absolute Gasteiger partial charge is 0.378 e. The van der Waals surface area contributed by atoms with E-state index in [-0.39, 0.29) is 0 Å². The SMILES string of the molecule is CS(=O)(=O)N1CCN(CCn2ncc3c(-c4cccc5[nH]ccc45)nc(N4CCOCC4)nc32)CC1. The number of fused-ring (bicyclic) bond motifs is 2. The first-order valence-electron chi connectivity index (χ1n) is 12.3. The van der Waals surface area contributed by atoms with Crippen LogP contribution in [0.1, 0.15) is 0 Å². The summed E-state index contributed by atoms with van der Waals surface area (Å²) in [6, 6.07) is 8.28. The van der Waals surface area contributed by atoms with Crippen LogP contribution in [0.3, 0.4) is 0 Å². The average Bonchev–Trinajstić information content (AvgIpc) is 3.54. The Morgan fingerprint density at radius 1 is 0.972 bits per heavy atom. The number of benzene rings is 1. The highest BCUT2D eigenvalue weighted by atomic mass is 32.2. The van der Waals surface area contributed by atoms with Gasteiger partial charge in [-0.15, -0.1) is 0 Å². The van der Waals surface area contributed by atoms with Crippen LogP contribution >= 0.6 is 0 Å². The number of aromatic nitrogens is 5. The van der Waals surface area contributed by atoms with E-state index in [9.17, 15) is 8.42 Å². The normalized spacial score (nSPS) is 18.4. The maximum absolute atomic E-state index is 11.8. The fourth-order valence-corrected chi connectivity index (χ4v) is 5.86. The van der Waals surface area contributed by atoms with Gasteiger partial charge in [0.25, 0.3) is 0 Å². The predicted octanol–water partition coefficient (Wildman–Crippen LogP) is 1.39. The van der Waals surface area contributed by atoms with Crippen LogP contribution in [0.2, 0.25) is 0 Å². The Labute approximate surface area is 209 Å². The zero-order valence-corrected chi connectivity index (χ0v) is 21.1. The van der Waals surface area contributed by atoms with Crippen LogP contribution in [0.15, 0.2) is 36.7 Å². The summed E-state index contributed by atoms with van der Waals surface area (Å²) in [7, 11) is -3.14. The third kappa shape index (κ3) is 4.45. The minimum atomic E-state index is -3.14. The molecule has 190 valence electrons. The third-order valence-corrected chi connectivity index (χ3v) is 8.36. The Morgan fingerprint density at radius 2 is 1.78 bits per heavy atom. The van der Waals surface area contributed by atoms with E-state index in [1.54, 1.807) is 4.31 Å². The zero-order chi connectivity index (χ0) is 24.7. The second-order valence-electron chi connectivity index (χ2n) is 9.32. The van der Waals surface area contributed by atoms with Gasteiger partial charge in [0.15, 0.2) is 5.65 Å². The van der Waals surface area contributed by atoms with Gasteiger partial charge in [0, 0.05) is 68.5 Å². The third-order valence-electron chi connectivity index (χ3n) is 7.06. The van der Waals surface area contributed by atoms with Crippen LogP contribution in [0, 0.1) is 0 Å². The summed E-state index contributed by atoms with van der Waals surface area (Å²) >= 11 is 0. The second-order valence-corrected chi connectivity index (χ2v) is 11.3. The molecule has 0 radical (unpaired) electrons. The lowest BCUT2D eigenvalue weighted by Gasteiger charge is -2.33. The van der Waals surface area contributed by atoms with E-state index in [4.69, 9.17) is 19.8 Å². The molecule has 36 heavy (non-hydrogen) atoms. The molecule has 1 aromatic carbocycles. The monoisotopic (exact) mass is 510 g/mol. The number of rotatable bonds is 6. The fraction of sp³-hybridized carbons (Fsp3) is 0.458. The Kier molecular flexibility index (Phi) is 6.12. The van der Waals surface area contributed by atoms with Crippen molar-refractivity contribution in [2.75, 3.05) is 70.2 Å².